The van der Waals surface area contributed by atoms with Gasteiger partial charge in [0.15, 0.2) is 0 Å². The van der Waals surface area contributed by atoms with Gasteiger partial charge in [-0.2, -0.15) is 6.08 Å². The van der Waals surface area contributed by atoms with Gasteiger partial charge in [-0.25, -0.2) is 12.2 Å². The molecule has 0 aliphatic heterocycles. The van der Waals surface area contributed by atoms with Crippen molar-refractivity contribution >= 4 is 33.3 Å². The van der Waals surface area contributed by atoms with Gasteiger partial charge in [-0.3, -0.25) is 6.08 Å². The summed E-state index contributed by atoms with van der Waals surface area (Å²) in [5.74, 6) is 1.22. The number of fused-ring (bicyclic) bond motifs is 3. The number of rotatable bonds is 4. The molecule has 134 valence electrons. The number of halogens is 2. The van der Waals surface area contributed by atoms with Gasteiger partial charge in [0.25, 0.3) is 0 Å². The fraction of sp³-hybridized carbons (Fsp3) is 0.227. The van der Waals surface area contributed by atoms with Crippen LogP contribution in [0.3, 0.4) is 0 Å². The molecule has 0 saturated carbocycles. The topological polar surface area (TPSA) is 0 Å². The molecule has 0 bridgehead atoms. The van der Waals surface area contributed by atoms with Crippen LogP contribution >= 0.6 is 11.8 Å². The van der Waals surface area contributed by atoms with E-state index in [9.17, 15) is 0 Å². The van der Waals surface area contributed by atoms with E-state index in [1.165, 1.54) is 45.0 Å². The summed E-state index contributed by atoms with van der Waals surface area (Å²) in [5, 5.41) is 5.56. The molecular weight excluding hydrogens is 458 g/mol. The summed E-state index contributed by atoms with van der Waals surface area (Å²) >= 11 is 1.99. The van der Waals surface area contributed by atoms with Crippen molar-refractivity contribution in [2.45, 2.75) is 31.1 Å². The van der Waals surface area contributed by atoms with Gasteiger partial charge in [-0.05, 0) is 17.1 Å². The maximum absolute atomic E-state index is 2.99. The van der Waals surface area contributed by atoms with Crippen LogP contribution in [0.25, 0.3) is 21.5 Å². The molecule has 0 atom stereocenters. The smallest absolute Gasteiger partial charge is 1.00 e. The number of unbranched alkanes of at least 4 members (excludes halogenated alkanes) is 1. The van der Waals surface area contributed by atoms with Gasteiger partial charge in [0.1, 0.15) is 0 Å². The van der Waals surface area contributed by atoms with Gasteiger partial charge >= 0.3 is 26.2 Å². The van der Waals surface area contributed by atoms with Crippen LogP contribution in [0.15, 0.2) is 71.7 Å². The van der Waals surface area contributed by atoms with Gasteiger partial charge in [-0.1, -0.05) is 49.1 Å². The average molecular weight is 481 g/mol. The zero-order chi connectivity index (χ0) is 15.9. The van der Waals surface area contributed by atoms with Gasteiger partial charge < -0.3 is 24.8 Å². The van der Waals surface area contributed by atoms with Gasteiger partial charge in [-0.15, -0.1) is 52.5 Å². The molecule has 0 aromatic heterocycles. The number of benzene rings is 2. The number of allylic oxidation sites excluding steroid dienone is 4. The Bertz CT molecular complexity index is 826. The standard InChI is InChI=1S/C17H17S.C5H5.2ClH.Zr/c1-2-3-11-18-16-10-6-8-14-12-13-7-4-5-9-15(13)17(14)16;1-2-4-5-3-1;;;/h4-10,12H,2-3,11H2,1H3;1-3H,4H2;2*1H;/q2*-1;;;+4/p-2. The second-order valence-corrected chi connectivity index (χ2v) is 6.79. The predicted molar refractivity (Wildman–Crippen MR) is 104 cm³/mol. The first-order valence-corrected chi connectivity index (χ1v) is 9.30. The molecule has 3 aromatic carbocycles. The van der Waals surface area contributed by atoms with E-state index in [4.69, 9.17) is 0 Å². The van der Waals surface area contributed by atoms with Crippen LogP contribution in [-0.4, -0.2) is 5.75 Å². The fourth-order valence-electron chi connectivity index (χ4n) is 2.76. The Morgan fingerprint density at radius 2 is 1.81 bits per heavy atom. The van der Waals surface area contributed by atoms with E-state index in [0.29, 0.717) is 0 Å². The van der Waals surface area contributed by atoms with Gasteiger partial charge in [0, 0.05) is 0 Å². The minimum Gasteiger partial charge on any atom is -1.00 e. The van der Waals surface area contributed by atoms with Crippen LogP contribution < -0.4 is 24.8 Å². The number of hydrogen-bond acceptors (Lipinski definition) is 1. The zero-order valence-corrected chi connectivity index (χ0v) is 19.6. The van der Waals surface area contributed by atoms with E-state index in [1.807, 2.05) is 23.9 Å². The fourth-order valence-corrected chi connectivity index (χ4v) is 3.96. The van der Waals surface area contributed by atoms with E-state index in [0.717, 1.165) is 6.42 Å². The van der Waals surface area contributed by atoms with Crippen LogP contribution in [0.1, 0.15) is 26.2 Å². The minimum atomic E-state index is 0. The zero-order valence-electron chi connectivity index (χ0n) is 14.8. The maximum Gasteiger partial charge on any atom is 4.00 e. The maximum atomic E-state index is 2.99. The third-order valence-corrected chi connectivity index (χ3v) is 5.08. The molecule has 0 radical (unpaired) electrons. The summed E-state index contributed by atoms with van der Waals surface area (Å²) in [5.41, 5.74) is 0. The third kappa shape index (κ3) is 6.64. The Morgan fingerprint density at radius 1 is 1.04 bits per heavy atom. The number of thioether (sulfide) groups is 1. The van der Waals surface area contributed by atoms with Crippen molar-refractivity contribution in [3.63, 3.8) is 0 Å². The van der Waals surface area contributed by atoms with E-state index in [-0.39, 0.29) is 51.0 Å². The summed E-state index contributed by atoms with van der Waals surface area (Å²) in [4.78, 5) is 1.43. The molecule has 1 aliphatic carbocycles. The molecule has 0 heterocycles. The molecule has 0 unspecified atom stereocenters. The average Bonchev–Trinajstić information content (AvgIpc) is 3.26. The number of hydrogen-bond donors (Lipinski definition) is 0. The van der Waals surface area contributed by atoms with Crippen LogP contribution in [0.2, 0.25) is 0 Å². The Kier molecular flexibility index (Phi) is 13.5. The molecule has 3 aromatic rings. The quantitative estimate of drug-likeness (QED) is 0.304. The van der Waals surface area contributed by atoms with E-state index in [1.54, 1.807) is 0 Å². The SMILES string of the molecule is CCCCSc1cccc2[cH-]c3ccccc3c12.[C-]1=CC=CC1.[Cl-].[Cl-].[Zr+4]. The van der Waals surface area contributed by atoms with Crippen molar-refractivity contribution < 1.29 is 51.0 Å². The monoisotopic (exact) mass is 478 g/mol. The molecule has 0 amide bonds. The largest absolute Gasteiger partial charge is 4.00 e. The summed E-state index contributed by atoms with van der Waals surface area (Å²) < 4.78 is 0. The van der Waals surface area contributed by atoms with Crippen molar-refractivity contribution in [1.29, 1.82) is 0 Å². The minimum absolute atomic E-state index is 0. The summed E-state index contributed by atoms with van der Waals surface area (Å²) in [6.07, 6.45) is 12.6. The van der Waals surface area contributed by atoms with Crippen LogP contribution in [0.4, 0.5) is 0 Å². The summed E-state index contributed by atoms with van der Waals surface area (Å²) in [6, 6.07) is 17.6. The van der Waals surface area contributed by atoms with Crippen LogP contribution in [0.5, 0.6) is 0 Å². The first-order valence-electron chi connectivity index (χ1n) is 8.32. The molecule has 26 heavy (non-hydrogen) atoms. The van der Waals surface area contributed by atoms with Gasteiger partial charge in [0.2, 0.25) is 0 Å². The molecule has 0 spiro atoms. The Hall–Kier alpha value is -0.397. The molecule has 0 fully saturated rings. The Morgan fingerprint density at radius 3 is 2.46 bits per heavy atom. The second kappa shape index (κ2) is 13.7. The molecule has 0 saturated heterocycles. The Balaban J connectivity index is 0.000000685. The van der Waals surface area contributed by atoms with E-state index < -0.39 is 0 Å². The van der Waals surface area contributed by atoms with Crippen molar-refractivity contribution in [2.75, 3.05) is 5.75 Å². The van der Waals surface area contributed by atoms with Crippen molar-refractivity contribution in [1.82, 2.24) is 0 Å². The molecule has 0 nitrogen and oxygen atoms in total. The predicted octanol–water partition coefficient (Wildman–Crippen LogP) is 0.915. The van der Waals surface area contributed by atoms with Crippen molar-refractivity contribution in [3.8, 4) is 0 Å². The van der Waals surface area contributed by atoms with E-state index in [2.05, 4.69) is 67.6 Å². The van der Waals surface area contributed by atoms with Gasteiger partial charge in [0.05, 0.1) is 0 Å². The molecule has 0 N–H and O–H groups in total. The molecule has 4 rings (SSSR count). The van der Waals surface area contributed by atoms with E-state index >= 15 is 0 Å². The summed E-state index contributed by atoms with van der Waals surface area (Å²) in [6.45, 7) is 2.25. The van der Waals surface area contributed by atoms with Crippen molar-refractivity contribution in [2.24, 2.45) is 0 Å². The first kappa shape index (κ1) is 25.6. The normalized spacial score (nSPS) is 11.3. The first-order chi connectivity index (χ1) is 11.4. The van der Waals surface area contributed by atoms with Crippen LogP contribution in [0, 0.1) is 6.08 Å². The Labute approximate surface area is 192 Å². The summed E-state index contributed by atoms with van der Waals surface area (Å²) in [7, 11) is 0. The molecular formula is C22H22Cl2SZr. The molecule has 4 heteroatoms. The second-order valence-electron chi connectivity index (χ2n) is 5.66. The third-order valence-electron chi connectivity index (χ3n) is 3.94. The van der Waals surface area contributed by atoms with Crippen LogP contribution in [-0.2, 0) is 26.2 Å². The molecule has 1 aliphatic rings. The van der Waals surface area contributed by atoms with Crippen molar-refractivity contribution in [3.05, 3.63) is 72.8 Å².